The van der Waals surface area contributed by atoms with Crippen LogP contribution in [0.3, 0.4) is 0 Å². The predicted molar refractivity (Wildman–Crippen MR) is 118 cm³/mol. The van der Waals surface area contributed by atoms with Crippen molar-refractivity contribution < 1.29 is 4.74 Å². The molecule has 0 amide bonds. The van der Waals surface area contributed by atoms with Crippen molar-refractivity contribution in [2.24, 2.45) is 0 Å². The fourth-order valence-corrected chi connectivity index (χ4v) is 3.20. The van der Waals surface area contributed by atoms with Crippen molar-refractivity contribution in [3.05, 3.63) is 94.5 Å². The molecule has 0 bridgehead atoms. The standard InChI is InChI=1S/C24H24BrNO/c1-26(2)17-16-24(21-10-14-23(27-3)15-11-21)20-6-4-18(5-7-20)19-8-12-22(25)13-9-19/h4-16H,17H2,1-3H3/b24-16-. The van der Waals surface area contributed by atoms with Gasteiger partial charge in [0, 0.05) is 11.0 Å². The Morgan fingerprint density at radius 1 is 0.815 bits per heavy atom. The molecule has 0 spiro atoms. The highest BCUT2D eigenvalue weighted by Gasteiger charge is 2.07. The Morgan fingerprint density at radius 3 is 1.78 bits per heavy atom. The summed E-state index contributed by atoms with van der Waals surface area (Å²) in [5.74, 6) is 0.872. The van der Waals surface area contributed by atoms with Crippen LogP contribution in [0.4, 0.5) is 0 Å². The zero-order valence-corrected chi connectivity index (χ0v) is 17.5. The summed E-state index contributed by atoms with van der Waals surface area (Å²) >= 11 is 3.49. The van der Waals surface area contributed by atoms with Crippen molar-refractivity contribution in [2.45, 2.75) is 0 Å². The number of methoxy groups -OCH3 is 1. The molecule has 27 heavy (non-hydrogen) atoms. The second-order valence-electron chi connectivity index (χ2n) is 6.69. The molecule has 0 aliphatic rings. The summed E-state index contributed by atoms with van der Waals surface area (Å²) in [5.41, 5.74) is 6.06. The normalized spacial score (nSPS) is 11.7. The molecule has 0 fully saturated rings. The first-order valence-corrected chi connectivity index (χ1v) is 9.72. The van der Waals surface area contributed by atoms with Gasteiger partial charge in [0.05, 0.1) is 7.11 Å². The Balaban J connectivity index is 1.94. The van der Waals surface area contributed by atoms with Gasteiger partial charge in [0.25, 0.3) is 0 Å². The van der Waals surface area contributed by atoms with Crippen LogP contribution in [0.2, 0.25) is 0 Å². The summed E-state index contributed by atoms with van der Waals surface area (Å²) < 4.78 is 6.39. The summed E-state index contributed by atoms with van der Waals surface area (Å²) in [6.45, 7) is 0.885. The first-order chi connectivity index (χ1) is 13.1. The van der Waals surface area contributed by atoms with E-state index in [0.29, 0.717) is 0 Å². The second-order valence-corrected chi connectivity index (χ2v) is 7.61. The van der Waals surface area contributed by atoms with E-state index in [9.17, 15) is 0 Å². The highest BCUT2D eigenvalue weighted by Crippen LogP contribution is 2.28. The highest BCUT2D eigenvalue weighted by molar-refractivity contribution is 9.10. The van der Waals surface area contributed by atoms with Crippen molar-refractivity contribution in [3.8, 4) is 16.9 Å². The second kappa shape index (κ2) is 9.03. The van der Waals surface area contributed by atoms with Crippen LogP contribution < -0.4 is 4.74 Å². The molecular formula is C24H24BrNO. The van der Waals surface area contributed by atoms with Crippen molar-refractivity contribution in [1.82, 2.24) is 4.90 Å². The van der Waals surface area contributed by atoms with Gasteiger partial charge in [-0.1, -0.05) is 70.5 Å². The van der Waals surface area contributed by atoms with Crippen molar-refractivity contribution >= 4 is 21.5 Å². The molecule has 0 heterocycles. The van der Waals surface area contributed by atoms with Gasteiger partial charge in [-0.25, -0.2) is 0 Å². The lowest BCUT2D eigenvalue weighted by Crippen LogP contribution is -2.11. The minimum absolute atomic E-state index is 0.872. The van der Waals surface area contributed by atoms with Crippen LogP contribution in [-0.4, -0.2) is 32.6 Å². The molecule has 2 nitrogen and oxygen atoms in total. The lowest BCUT2D eigenvalue weighted by atomic mass is 9.95. The van der Waals surface area contributed by atoms with Crippen LogP contribution in [0.1, 0.15) is 11.1 Å². The number of benzene rings is 3. The molecule has 0 atom stereocenters. The average Bonchev–Trinajstić information content (AvgIpc) is 2.69. The summed E-state index contributed by atoms with van der Waals surface area (Å²) in [5, 5.41) is 0. The zero-order valence-electron chi connectivity index (χ0n) is 15.9. The largest absolute Gasteiger partial charge is 0.497 e. The fraction of sp³-hybridized carbons (Fsp3) is 0.167. The molecule has 0 saturated heterocycles. The van der Waals surface area contributed by atoms with Gasteiger partial charge < -0.3 is 9.64 Å². The van der Waals surface area contributed by atoms with Crippen molar-refractivity contribution in [3.63, 3.8) is 0 Å². The first kappa shape index (κ1) is 19.4. The first-order valence-electron chi connectivity index (χ1n) is 8.92. The van der Waals surface area contributed by atoms with Gasteiger partial charge >= 0.3 is 0 Å². The SMILES string of the molecule is COc1ccc(/C(=C\CN(C)C)c2ccc(-c3ccc(Br)cc3)cc2)cc1. The average molecular weight is 422 g/mol. The molecule has 138 valence electrons. The van der Waals surface area contributed by atoms with E-state index in [4.69, 9.17) is 4.74 Å². The van der Waals surface area contributed by atoms with E-state index in [0.717, 1.165) is 16.8 Å². The van der Waals surface area contributed by atoms with E-state index in [1.807, 2.05) is 12.1 Å². The lowest BCUT2D eigenvalue weighted by molar-refractivity contribution is 0.415. The number of hydrogen-bond donors (Lipinski definition) is 0. The van der Waals surface area contributed by atoms with Crippen LogP contribution in [0, 0.1) is 0 Å². The Morgan fingerprint density at radius 2 is 1.30 bits per heavy atom. The third-order valence-electron chi connectivity index (χ3n) is 4.44. The third-order valence-corrected chi connectivity index (χ3v) is 4.96. The van der Waals surface area contributed by atoms with E-state index < -0.39 is 0 Å². The number of halogens is 1. The molecule has 0 saturated carbocycles. The Bertz CT molecular complexity index is 895. The van der Waals surface area contributed by atoms with Gasteiger partial charge in [-0.15, -0.1) is 0 Å². The quantitative estimate of drug-likeness (QED) is 0.475. The van der Waals surface area contributed by atoms with Crippen LogP contribution in [0.25, 0.3) is 16.7 Å². The van der Waals surface area contributed by atoms with Crippen LogP contribution in [-0.2, 0) is 0 Å². The van der Waals surface area contributed by atoms with Gasteiger partial charge in [-0.2, -0.15) is 0 Å². The van der Waals surface area contributed by atoms with Gasteiger partial charge in [0.2, 0.25) is 0 Å². The molecule has 0 aliphatic heterocycles. The Labute approximate surface area is 170 Å². The maximum absolute atomic E-state index is 5.29. The van der Waals surface area contributed by atoms with Crippen molar-refractivity contribution in [1.29, 1.82) is 0 Å². The Kier molecular flexibility index (Phi) is 6.49. The molecule has 0 N–H and O–H groups in total. The van der Waals surface area contributed by atoms with Gasteiger partial charge in [0.1, 0.15) is 5.75 Å². The predicted octanol–water partition coefficient (Wildman–Crippen LogP) is 6.12. The van der Waals surface area contributed by atoms with Gasteiger partial charge in [0.15, 0.2) is 0 Å². The highest BCUT2D eigenvalue weighted by atomic mass is 79.9. The minimum Gasteiger partial charge on any atom is -0.497 e. The molecule has 3 aromatic rings. The summed E-state index contributed by atoms with van der Waals surface area (Å²) in [4.78, 5) is 2.17. The molecule has 3 heteroatoms. The molecule has 3 rings (SSSR count). The maximum Gasteiger partial charge on any atom is 0.118 e. The number of rotatable bonds is 6. The van der Waals surface area contributed by atoms with Gasteiger partial charge in [-0.3, -0.25) is 0 Å². The van der Waals surface area contributed by atoms with Gasteiger partial charge in [-0.05, 0) is 66.2 Å². The summed E-state index contributed by atoms with van der Waals surface area (Å²) in [6.07, 6.45) is 2.27. The molecular weight excluding hydrogens is 398 g/mol. The monoisotopic (exact) mass is 421 g/mol. The van der Waals surface area contributed by atoms with E-state index in [2.05, 4.69) is 102 Å². The summed E-state index contributed by atoms with van der Waals surface area (Å²) in [7, 11) is 5.86. The number of hydrogen-bond acceptors (Lipinski definition) is 2. The minimum atomic E-state index is 0.872. The number of ether oxygens (including phenoxy) is 1. The van der Waals surface area contributed by atoms with Crippen LogP contribution in [0.15, 0.2) is 83.3 Å². The van der Waals surface area contributed by atoms with E-state index >= 15 is 0 Å². The smallest absolute Gasteiger partial charge is 0.118 e. The number of nitrogens with zero attached hydrogens (tertiary/aromatic N) is 1. The lowest BCUT2D eigenvalue weighted by Gasteiger charge is -2.13. The summed E-state index contributed by atoms with van der Waals surface area (Å²) in [6, 6.07) is 25.4. The Hall–Kier alpha value is -2.36. The van der Waals surface area contributed by atoms with Crippen LogP contribution in [0.5, 0.6) is 5.75 Å². The zero-order chi connectivity index (χ0) is 19.2. The fourth-order valence-electron chi connectivity index (χ4n) is 2.93. The van der Waals surface area contributed by atoms with E-state index in [1.54, 1.807) is 7.11 Å². The van der Waals surface area contributed by atoms with E-state index in [-0.39, 0.29) is 0 Å². The van der Waals surface area contributed by atoms with E-state index in [1.165, 1.54) is 27.8 Å². The van der Waals surface area contributed by atoms with Crippen molar-refractivity contribution in [2.75, 3.05) is 27.7 Å². The topological polar surface area (TPSA) is 12.5 Å². The van der Waals surface area contributed by atoms with Crippen LogP contribution >= 0.6 is 15.9 Å². The molecule has 0 unspecified atom stereocenters. The third kappa shape index (κ3) is 5.09. The molecule has 0 aromatic heterocycles. The molecule has 0 aliphatic carbocycles. The molecule has 3 aromatic carbocycles. The maximum atomic E-state index is 5.29. The molecule has 0 radical (unpaired) electrons. The number of likely N-dealkylation sites (N-methyl/N-ethyl adjacent to an activating group) is 1.